The summed E-state index contributed by atoms with van der Waals surface area (Å²) in [5.74, 6) is 0. The van der Waals surface area contributed by atoms with Crippen molar-refractivity contribution in [3.05, 3.63) is 66.7 Å². The molecule has 0 saturated heterocycles. The minimum Gasteiger partial charge on any atom is -0.0634 e. The fourth-order valence-electron chi connectivity index (χ4n) is 3.14. The molecule has 0 bridgehead atoms. The minimum absolute atomic E-state index is 1.08. The number of benzene rings is 4. The van der Waals surface area contributed by atoms with Gasteiger partial charge in [0, 0.05) is 10.2 Å². The first-order valence-electron chi connectivity index (χ1n) is 6.65. The molecule has 0 aromatic heterocycles. The van der Waals surface area contributed by atoms with Crippen molar-refractivity contribution >= 4 is 47.7 Å². The molecule has 0 aliphatic carbocycles. The van der Waals surface area contributed by atoms with Gasteiger partial charge in [-0.25, -0.2) is 0 Å². The Morgan fingerprint density at radius 1 is 0.474 bits per heavy atom. The Hall–Kier alpha value is -2.12. The second-order valence-electron chi connectivity index (χ2n) is 5.09. The van der Waals surface area contributed by atoms with E-state index in [1.165, 1.54) is 37.5 Å². The molecule has 0 N–H and O–H groups in total. The summed E-state index contributed by atoms with van der Waals surface area (Å²) in [6.07, 6.45) is 0. The van der Waals surface area contributed by atoms with Crippen LogP contribution in [0.15, 0.2) is 66.7 Å². The Morgan fingerprint density at radius 2 is 0.895 bits per heavy atom. The SMILES string of the molecule is [SiH3]c1cccc2c3ccccc3c3ccccc3c12. The van der Waals surface area contributed by atoms with E-state index in [0.29, 0.717) is 0 Å². The molecule has 0 spiro atoms. The summed E-state index contributed by atoms with van der Waals surface area (Å²) in [7, 11) is 1.08. The van der Waals surface area contributed by atoms with Gasteiger partial charge in [-0.15, -0.1) is 0 Å². The van der Waals surface area contributed by atoms with Crippen LogP contribution in [0.4, 0.5) is 0 Å². The first-order chi connectivity index (χ1) is 9.36. The highest BCUT2D eigenvalue weighted by Gasteiger charge is 2.08. The molecule has 0 unspecified atom stereocenters. The lowest BCUT2D eigenvalue weighted by Gasteiger charge is -2.11. The number of fused-ring (bicyclic) bond motifs is 6. The molecule has 1 heteroatoms. The predicted molar refractivity (Wildman–Crippen MR) is 88.5 cm³/mol. The number of hydrogen-bond acceptors (Lipinski definition) is 0. The number of hydrogen-bond donors (Lipinski definition) is 0. The first kappa shape index (κ1) is 10.8. The van der Waals surface area contributed by atoms with Crippen LogP contribution in [0.5, 0.6) is 0 Å². The van der Waals surface area contributed by atoms with Gasteiger partial charge in [0.1, 0.15) is 0 Å². The van der Waals surface area contributed by atoms with Crippen LogP contribution in [0.25, 0.3) is 32.3 Å². The van der Waals surface area contributed by atoms with Crippen molar-refractivity contribution in [3.8, 4) is 0 Å². The van der Waals surface area contributed by atoms with Gasteiger partial charge in [0.25, 0.3) is 0 Å². The molecule has 0 aliphatic heterocycles. The molecule has 0 atom stereocenters. The van der Waals surface area contributed by atoms with E-state index in [4.69, 9.17) is 0 Å². The summed E-state index contributed by atoms with van der Waals surface area (Å²) in [5.41, 5.74) is 0. The molecule has 4 rings (SSSR count). The lowest BCUT2D eigenvalue weighted by molar-refractivity contribution is 1.79. The van der Waals surface area contributed by atoms with Gasteiger partial charge in [-0.05, 0) is 32.3 Å². The monoisotopic (exact) mass is 258 g/mol. The fourth-order valence-corrected chi connectivity index (χ4v) is 3.87. The zero-order chi connectivity index (χ0) is 12.8. The fraction of sp³-hybridized carbons (Fsp3) is 0. The summed E-state index contributed by atoms with van der Waals surface area (Å²) in [6.45, 7) is 0. The lowest BCUT2D eigenvalue weighted by Crippen LogP contribution is -2.03. The van der Waals surface area contributed by atoms with Gasteiger partial charge >= 0.3 is 0 Å². The van der Waals surface area contributed by atoms with E-state index in [1.54, 1.807) is 0 Å². The van der Waals surface area contributed by atoms with E-state index in [1.807, 2.05) is 0 Å². The van der Waals surface area contributed by atoms with Gasteiger partial charge in [0.05, 0.1) is 0 Å². The standard InChI is InChI=1S/C18H14Si/c19-17-11-5-10-16-14-7-2-1-6-12(14)13-8-3-4-9-15(13)18(16)17/h1-11H,19H3. The van der Waals surface area contributed by atoms with Gasteiger partial charge in [-0.3, -0.25) is 0 Å². The Morgan fingerprint density at radius 3 is 1.47 bits per heavy atom. The smallest absolute Gasteiger partial charge is 0.0393 e. The van der Waals surface area contributed by atoms with E-state index in [0.717, 1.165) is 10.2 Å². The maximum Gasteiger partial charge on any atom is 0.0393 e. The third-order valence-electron chi connectivity index (χ3n) is 3.98. The van der Waals surface area contributed by atoms with E-state index >= 15 is 0 Å². The Kier molecular flexibility index (Phi) is 2.23. The van der Waals surface area contributed by atoms with E-state index in [-0.39, 0.29) is 0 Å². The zero-order valence-electron chi connectivity index (χ0n) is 10.9. The molecule has 0 nitrogen and oxygen atoms in total. The van der Waals surface area contributed by atoms with Crippen molar-refractivity contribution < 1.29 is 0 Å². The van der Waals surface area contributed by atoms with Crippen LogP contribution in [0.3, 0.4) is 0 Å². The van der Waals surface area contributed by atoms with Crippen molar-refractivity contribution in [3.63, 3.8) is 0 Å². The Bertz CT molecular complexity index is 877. The highest BCUT2D eigenvalue weighted by atomic mass is 28.1. The summed E-state index contributed by atoms with van der Waals surface area (Å²) in [5, 5.41) is 9.81. The number of rotatable bonds is 0. The molecule has 0 saturated carbocycles. The summed E-state index contributed by atoms with van der Waals surface area (Å²) in [6, 6.07) is 24.2. The average Bonchev–Trinajstić information content (AvgIpc) is 2.47. The highest BCUT2D eigenvalue weighted by molar-refractivity contribution is 6.44. The van der Waals surface area contributed by atoms with Gasteiger partial charge in [0.2, 0.25) is 0 Å². The van der Waals surface area contributed by atoms with Crippen LogP contribution in [-0.4, -0.2) is 10.2 Å². The van der Waals surface area contributed by atoms with Gasteiger partial charge in [0.15, 0.2) is 0 Å². The quantitative estimate of drug-likeness (QED) is 0.336. The minimum atomic E-state index is 1.08. The van der Waals surface area contributed by atoms with Crippen molar-refractivity contribution in [2.24, 2.45) is 0 Å². The zero-order valence-corrected chi connectivity index (χ0v) is 12.9. The largest absolute Gasteiger partial charge is 0.0634 e. The molecule has 0 aliphatic rings. The van der Waals surface area contributed by atoms with Gasteiger partial charge in [-0.1, -0.05) is 71.9 Å². The van der Waals surface area contributed by atoms with Crippen LogP contribution in [0.2, 0.25) is 0 Å². The van der Waals surface area contributed by atoms with E-state index < -0.39 is 0 Å². The van der Waals surface area contributed by atoms with Crippen molar-refractivity contribution in [2.75, 3.05) is 0 Å². The van der Waals surface area contributed by atoms with Crippen LogP contribution >= 0.6 is 0 Å². The average molecular weight is 258 g/mol. The van der Waals surface area contributed by atoms with Crippen LogP contribution in [-0.2, 0) is 0 Å². The van der Waals surface area contributed by atoms with Crippen molar-refractivity contribution in [1.82, 2.24) is 0 Å². The van der Waals surface area contributed by atoms with Crippen LogP contribution < -0.4 is 5.19 Å². The Balaban J connectivity index is 2.48. The third kappa shape index (κ3) is 1.45. The molecule has 0 fully saturated rings. The van der Waals surface area contributed by atoms with Gasteiger partial charge in [-0.2, -0.15) is 0 Å². The molecule has 4 aromatic rings. The molecule has 19 heavy (non-hydrogen) atoms. The molecular formula is C18H14Si. The summed E-state index contributed by atoms with van der Waals surface area (Å²) in [4.78, 5) is 0. The second kappa shape index (κ2) is 3.94. The maximum atomic E-state index is 2.26. The van der Waals surface area contributed by atoms with Crippen molar-refractivity contribution in [2.45, 2.75) is 0 Å². The molecule has 4 aromatic carbocycles. The van der Waals surface area contributed by atoms with Gasteiger partial charge < -0.3 is 0 Å². The Labute approximate surface area is 115 Å². The maximum absolute atomic E-state index is 2.26. The normalized spacial score (nSPS) is 11.6. The topological polar surface area (TPSA) is 0 Å². The summed E-state index contributed by atoms with van der Waals surface area (Å²) >= 11 is 0. The van der Waals surface area contributed by atoms with E-state index in [2.05, 4.69) is 66.7 Å². The van der Waals surface area contributed by atoms with Crippen LogP contribution in [0, 0.1) is 0 Å². The molecule has 0 amide bonds. The third-order valence-corrected chi connectivity index (χ3v) is 4.81. The second-order valence-corrected chi connectivity index (χ2v) is 6.17. The van der Waals surface area contributed by atoms with Crippen molar-refractivity contribution in [1.29, 1.82) is 0 Å². The predicted octanol–water partition coefficient (Wildman–Crippen LogP) is 3.14. The van der Waals surface area contributed by atoms with Crippen LogP contribution in [0.1, 0.15) is 0 Å². The molecular weight excluding hydrogens is 244 g/mol. The highest BCUT2D eigenvalue weighted by Crippen LogP contribution is 2.33. The summed E-state index contributed by atoms with van der Waals surface area (Å²) < 4.78 is 0. The first-order valence-corrected chi connectivity index (χ1v) is 7.65. The molecule has 90 valence electrons. The molecule has 0 heterocycles. The lowest BCUT2D eigenvalue weighted by atomic mass is 9.94. The van der Waals surface area contributed by atoms with E-state index in [9.17, 15) is 0 Å². The molecule has 0 radical (unpaired) electrons.